The molecule has 1 aromatic heterocycles. The van der Waals surface area contributed by atoms with Crippen LogP contribution >= 0.6 is 0 Å². The molecular weight excluding hydrogens is 384 g/mol. The maximum atomic E-state index is 13.1. The Morgan fingerprint density at radius 1 is 1.06 bits per heavy atom. The molecule has 0 aliphatic heterocycles. The molecule has 0 saturated heterocycles. The van der Waals surface area contributed by atoms with E-state index >= 15 is 0 Å². The molecule has 5 nitrogen and oxygen atoms in total. The molecule has 1 fully saturated rings. The first-order valence-electron chi connectivity index (χ1n) is 10.8. The zero-order valence-electron chi connectivity index (χ0n) is 17.4. The normalized spacial score (nSPS) is 14.3. The van der Waals surface area contributed by atoms with Gasteiger partial charge in [-0.05, 0) is 60.1 Å². The molecule has 0 unspecified atom stereocenters. The summed E-state index contributed by atoms with van der Waals surface area (Å²) in [4.78, 5) is 17.5. The highest BCUT2D eigenvalue weighted by molar-refractivity contribution is 5.94. The van der Waals surface area contributed by atoms with Crippen LogP contribution in [-0.2, 0) is 11.2 Å². The van der Waals surface area contributed by atoms with Gasteiger partial charge in [0.25, 0.3) is 0 Å². The van der Waals surface area contributed by atoms with Crippen LogP contribution in [0.5, 0.6) is 0 Å². The van der Waals surface area contributed by atoms with Crippen LogP contribution in [0.25, 0.3) is 0 Å². The lowest BCUT2D eigenvalue weighted by atomic mass is 9.81. The largest absolute Gasteiger partial charge is 0.309 e. The summed E-state index contributed by atoms with van der Waals surface area (Å²) in [6, 6.07) is 22.9. The molecular formula is C26H26N4O. The molecule has 31 heavy (non-hydrogen) atoms. The van der Waals surface area contributed by atoms with Crippen molar-refractivity contribution in [2.45, 2.75) is 37.6 Å². The Labute approximate surface area is 183 Å². The van der Waals surface area contributed by atoms with E-state index in [9.17, 15) is 4.79 Å². The fourth-order valence-electron chi connectivity index (χ4n) is 3.77. The number of hydrogen-bond acceptors (Lipinski definition) is 4. The van der Waals surface area contributed by atoms with Crippen LogP contribution in [-0.4, -0.2) is 17.4 Å². The van der Waals surface area contributed by atoms with Crippen LogP contribution in [0.4, 0.5) is 5.82 Å². The highest BCUT2D eigenvalue weighted by Crippen LogP contribution is 2.36. The molecule has 5 heteroatoms. The van der Waals surface area contributed by atoms with Crippen molar-refractivity contribution < 1.29 is 4.79 Å². The molecule has 4 rings (SSSR count). The number of rotatable bonds is 8. The van der Waals surface area contributed by atoms with E-state index in [2.05, 4.69) is 27.8 Å². The lowest BCUT2D eigenvalue weighted by Crippen LogP contribution is -2.34. The van der Waals surface area contributed by atoms with E-state index in [-0.39, 0.29) is 5.91 Å². The number of nitrogens with one attached hydrogen (secondary N) is 2. The van der Waals surface area contributed by atoms with Gasteiger partial charge in [0.2, 0.25) is 5.91 Å². The van der Waals surface area contributed by atoms with Gasteiger partial charge in [-0.1, -0.05) is 55.0 Å². The number of anilines is 1. The minimum Gasteiger partial charge on any atom is -0.309 e. The van der Waals surface area contributed by atoms with Gasteiger partial charge in [0.15, 0.2) is 0 Å². The molecule has 1 aliphatic carbocycles. The van der Waals surface area contributed by atoms with Crippen molar-refractivity contribution in [1.82, 2.24) is 10.3 Å². The van der Waals surface area contributed by atoms with Crippen LogP contribution in [0, 0.1) is 11.3 Å². The number of amides is 1. The standard InChI is InChI=1S/C26H26N4O/c27-17-20-11-9-19(10-12-20)15-16-28-25(22-5-2-1-3-6-22)26(31)30-24-14-13-23(18-29-24)21-7-4-8-21/h1-3,5-6,9-14,18,21,25,28H,4,7-8,15-16H2,(H,29,30,31)/t25-/m0/s1. The van der Waals surface area contributed by atoms with Crippen molar-refractivity contribution in [3.63, 3.8) is 0 Å². The smallest absolute Gasteiger partial charge is 0.247 e. The first-order chi connectivity index (χ1) is 15.2. The zero-order chi connectivity index (χ0) is 21.5. The SMILES string of the molecule is N#Cc1ccc(CCN[C@H](C(=O)Nc2ccc(C3CCC3)cn2)c2ccccc2)cc1. The Bertz CT molecular complexity index is 1040. The van der Waals surface area contributed by atoms with E-state index in [1.165, 1.54) is 24.8 Å². The minimum atomic E-state index is -0.479. The van der Waals surface area contributed by atoms with E-state index in [1.54, 1.807) is 0 Å². The van der Waals surface area contributed by atoms with Crippen LogP contribution < -0.4 is 10.6 Å². The maximum absolute atomic E-state index is 13.1. The van der Waals surface area contributed by atoms with Gasteiger partial charge in [0.1, 0.15) is 11.9 Å². The topological polar surface area (TPSA) is 77.8 Å². The number of hydrogen-bond donors (Lipinski definition) is 2. The first kappa shape index (κ1) is 20.8. The molecule has 1 saturated carbocycles. The number of carbonyl (C=O) groups excluding carboxylic acids is 1. The average Bonchev–Trinajstić information content (AvgIpc) is 2.78. The fourth-order valence-corrected chi connectivity index (χ4v) is 3.77. The highest BCUT2D eigenvalue weighted by Gasteiger charge is 2.22. The fraction of sp³-hybridized carbons (Fsp3) is 0.269. The van der Waals surface area contributed by atoms with Gasteiger partial charge < -0.3 is 10.6 Å². The van der Waals surface area contributed by atoms with Gasteiger partial charge >= 0.3 is 0 Å². The van der Waals surface area contributed by atoms with Crippen molar-refractivity contribution in [2.24, 2.45) is 0 Å². The Kier molecular flexibility index (Phi) is 6.71. The summed E-state index contributed by atoms with van der Waals surface area (Å²) >= 11 is 0. The Balaban J connectivity index is 1.40. The number of carbonyl (C=O) groups is 1. The van der Waals surface area contributed by atoms with Gasteiger partial charge in [-0.3, -0.25) is 4.79 Å². The second kappa shape index (κ2) is 10.0. The van der Waals surface area contributed by atoms with Gasteiger partial charge in [0, 0.05) is 12.7 Å². The van der Waals surface area contributed by atoms with Crippen molar-refractivity contribution in [1.29, 1.82) is 5.26 Å². The summed E-state index contributed by atoms with van der Waals surface area (Å²) in [6.07, 6.45) is 6.39. The summed E-state index contributed by atoms with van der Waals surface area (Å²) in [6.45, 7) is 0.632. The summed E-state index contributed by atoms with van der Waals surface area (Å²) in [5, 5.41) is 15.3. The van der Waals surface area contributed by atoms with Crippen LogP contribution in [0.15, 0.2) is 72.9 Å². The summed E-state index contributed by atoms with van der Waals surface area (Å²) in [7, 11) is 0. The highest BCUT2D eigenvalue weighted by atomic mass is 16.2. The summed E-state index contributed by atoms with van der Waals surface area (Å²) < 4.78 is 0. The molecule has 3 aromatic rings. The Morgan fingerprint density at radius 2 is 1.84 bits per heavy atom. The molecule has 1 heterocycles. The third kappa shape index (κ3) is 5.36. The van der Waals surface area contributed by atoms with Crippen molar-refractivity contribution in [2.75, 3.05) is 11.9 Å². The van der Waals surface area contributed by atoms with Crippen molar-refractivity contribution in [3.8, 4) is 6.07 Å². The second-order valence-electron chi connectivity index (χ2n) is 7.95. The van der Waals surface area contributed by atoms with Crippen molar-refractivity contribution >= 4 is 11.7 Å². The van der Waals surface area contributed by atoms with Crippen LogP contribution in [0.1, 0.15) is 53.5 Å². The maximum Gasteiger partial charge on any atom is 0.247 e. The zero-order valence-corrected chi connectivity index (χ0v) is 17.4. The Morgan fingerprint density at radius 3 is 2.45 bits per heavy atom. The average molecular weight is 411 g/mol. The van der Waals surface area contributed by atoms with E-state index in [0.29, 0.717) is 23.8 Å². The number of nitrogens with zero attached hydrogens (tertiary/aromatic N) is 2. The predicted molar refractivity (Wildman–Crippen MR) is 122 cm³/mol. The molecule has 1 amide bonds. The Hall–Kier alpha value is -3.49. The van der Waals surface area contributed by atoms with E-state index in [0.717, 1.165) is 17.5 Å². The van der Waals surface area contributed by atoms with E-state index in [1.807, 2.05) is 66.9 Å². The molecule has 1 aliphatic rings. The second-order valence-corrected chi connectivity index (χ2v) is 7.95. The van der Waals surface area contributed by atoms with Crippen LogP contribution in [0.3, 0.4) is 0 Å². The lowest BCUT2D eigenvalue weighted by Gasteiger charge is -2.25. The van der Waals surface area contributed by atoms with Gasteiger partial charge in [-0.15, -0.1) is 0 Å². The number of nitriles is 1. The third-order valence-electron chi connectivity index (χ3n) is 5.85. The molecule has 0 radical (unpaired) electrons. The van der Waals surface area contributed by atoms with E-state index in [4.69, 9.17) is 5.26 Å². The molecule has 0 bridgehead atoms. The number of pyridine rings is 1. The van der Waals surface area contributed by atoms with Crippen LogP contribution in [0.2, 0.25) is 0 Å². The van der Waals surface area contributed by atoms with Gasteiger partial charge in [0.05, 0.1) is 11.6 Å². The number of benzene rings is 2. The molecule has 0 spiro atoms. The lowest BCUT2D eigenvalue weighted by molar-refractivity contribution is -0.118. The quantitative estimate of drug-likeness (QED) is 0.563. The molecule has 1 atom stereocenters. The van der Waals surface area contributed by atoms with Gasteiger partial charge in [-0.2, -0.15) is 5.26 Å². The first-order valence-corrected chi connectivity index (χ1v) is 10.8. The molecule has 2 aromatic carbocycles. The number of aromatic nitrogens is 1. The monoisotopic (exact) mass is 410 g/mol. The summed E-state index contributed by atoms with van der Waals surface area (Å²) in [5.41, 5.74) is 3.93. The third-order valence-corrected chi connectivity index (χ3v) is 5.85. The molecule has 156 valence electrons. The minimum absolute atomic E-state index is 0.130. The summed E-state index contributed by atoms with van der Waals surface area (Å²) in [5.74, 6) is 1.07. The van der Waals surface area contributed by atoms with E-state index < -0.39 is 6.04 Å². The molecule has 2 N–H and O–H groups in total. The van der Waals surface area contributed by atoms with Gasteiger partial charge in [-0.25, -0.2) is 4.98 Å². The predicted octanol–water partition coefficient (Wildman–Crippen LogP) is 4.73. The van der Waals surface area contributed by atoms with Crippen molar-refractivity contribution in [3.05, 3.63) is 95.2 Å².